The molecule has 1 amide bonds. The number of carbonyl (C=O) groups excluding carboxylic acids is 1. The first kappa shape index (κ1) is 17.4. The van der Waals surface area contributed by atoms with E-state index in [1.54, 1.807) is 13.1 Å². The Hall–Kier alpha value is -1.93. The predicted molar refractivity (Wildman–Crippen MR) is 87.5 cm³/mol. The molecule has 1 aliphatic heterocycles. The van der Waals surface area contributed by atoms with E-state index in [1.165, 1.54) is 11.2 Å². The van der Waals surface area contributed by atoms with Crippen LogP contribution < -0.4 is 15.5 Å². The van der Waals surface area contributed by atoms with E-state index in [-0.39, 0.29) is 6.04 Å². The lowest BCUT2D eigenvalue weighted by atomic mass is 10.2. The monoisotopic (exact) mass is 323 g/mol. The fourth-order valence-electron chi connectivity index (χ4n) is 2.50. The maximum atomic E-state index is 12.1. The van der Waals surface area contributed by atoms with Crippen LogP contribution in [0.3, 0.4) is 0 Å². The topological polar surface area (TPSA) is 105 Å². The van der Waals surface area contributed by atoms with Crippen molar-refractivity contribution in [1.82, 2.24) is 9.97 Å². The van der Waals surface area contributed by atoms with Crippen molar-refractivity contribution in [3.05, 3.63) is 12.4 Å². The van der Waals surface area contributed by atoms with Crippen LogP contribution in [0.2, 0.25) is 0 Å². The second kappa shape index (κ2) is 6.67. The van der Waals surface area contributed by atoms with E-state index in [9.17, 15) is 9.90 Å². The molecule has 1 fully saturated rings. The van der Waals surface area contributed by atoms with Crippen molar-refractivity contribution in [2.45, 2.75) is 44.9 Å². The molecule has 2 heterocycles. The summed E-state index contributed by atoms with van der Waals surface area (Å²) in [4.78, 5) is 23.8. The van der Waals surface area contributed by atoms with E-state index in [2.05, 4.69) is 9.97 Å². The summed E-state index contributed by atoms with van der Waals surface area (Å²) >= 11 is 0. The first-order valence-corrected chi connectivity index (χ1v) is 7.65. The highest BCUT2D eigenvalue weighted by molar-refractivity contribution is 5.86. The lowest BCUT2D eigenvalue weighted by molar-refractivity contribution is 0.0588. The van der Waals surface area contributed by atoms with E-state index in [1.807, 2.05) is 25.7 Å². The molecule has 0 aromatic carbocycles. The average Bonchev–Trinajstić information content (AvgIpc) is 2.86. The lowest BCUT2D eigenvalue weighted by Crippen LogP contribution is -2.37. The number of hydrogen-bond donors (Lipinski definition) is 2. The van der Waals surface area contributed by atoms with E-state index in [4.69, 9.17) is 10.5 Å². The Morgan fingerprint density at radius 2 is 2.22 bits per heavy atom. The van der Waals surface area contributed by atoms with E-state index >= 15 is 0 Å². The van der Waals surface area contributed by atoms with Gasteiger partial charge in [-0.05, 0) is 27.2 Å². The molecule has 8 nitrogen and oxygen atoms in total. The highest BCUT2D eigenvalue weighted by atomic mass is 16.6. The summed E-state index contributed by atoms with van der Waals surface area (Å²) in [6, 6.07) is 1.73. The van der Waals surface area contributed by atoms with Gasteiger partial charge in [0.05, 0.1) is 6.10 Å². The lowest BCUT2D eigenvalue weighted by Gasteiger charge is -2.26. The molecule has 1 aromatic heterocycles. The Kier molecular flexibility index (Phi) is 5.06. The number of nitrogens with two attached hydrogens (primary N) is 1. The zero-order valence-electron chi connectivity index (χ0n) is 14.1. The summed E-state index contributed by atoms with van der Waals surface area (Å²) in [6.45, 7) is 6.32. The molecule has 1 aromatic rings. The molecule has 128 valence electrons. The zero-order chi connectivity index (χ0) is 17.2. The van der Waals surface area contributed by atoms with Gasteiger partial charge in [-0.3, -0.25) is 4.90 Å². The number of hydrogen-bond acceptors (Lipinski definition) is 7. The molecular weight excluding hydrogens is 298 g/mol. The number of aliphatic hydroxyl groups is 1. The van der Waals surface area contributed by atoms with Gasteiger partial charge in [0.1, 0.15) is 23.6 Å². The van der Waals surface area contributed by atoms with Crippen molar-refractivity contribution in [3.8, 4) is 0 Å². The molecule has 1 aliphatic rings. The molecule has 3 N–H and O–H groups in total. The van der Waals surface area contributed by atoms with Crippen LogP contribution in [0.5, 0.6) is 0 Å². The molecule has 2 atom stereocenters. The van der Waals surface area contributed by atoms with E-state index < -0.39 is 17.8 Å². The summed E-state index contributed by atoms with van der Waals surface area (Å²) in [5, 5.41) is 9.83. The van der Waals surface area contributed by atoms with E-state index in [0.717, 1.165) is 0 Å². The number of anilines is 2. The summed E-state index contributed by atoms with van der Waals surface area (Å²) in [5.74, 6) is 1.07. The third-order valence-corrected chi connectivity index (χ3v) is 3.61. The number of rotatable bonds is 3. The van der Waals surface area contributed by atoms with Crippen LogP contribution >= 0.6 is 0 Å². The number of aliphatic hydroxyl groups excluding tert-OH is 1. The number of amides is 1. The Morgan fingerprint density at radius 1 is 1.52 bits per heavy atom. The first-order valence-electron chi connectivity index (χ1n) is 7.65. The second-order valence-corrected chi connectivity index (χ2v) is 6.71. The number of aromatic nitrogens is 2. The number of β-amino-alcohol motifs (C(OH)–C–C–N with tert-alkyl or cyclic N) is 1. The van der Waals surface area contributed by atoms with Gasteiger partial charge in [-0.1, -0.05) is 0 Å². The number of nitrogens with zero attached hydrogens (tertiary/aromatic N) is 4. The standard InChI is InChI=1S/C15H25N5O3/c1-15(2,3)23-14(22)19(4)12-6-13(18-9-17-12)20-8-11(21)5-10(20)7-16/h6,9-11,21H,5,7-8,16H2,1-4H3/t10-,11-/m1/s1. The predicted octanol–water partition coefficient (Wildman–Crippen LogP) is 0.746. The average molecular weight is 323 g/mol. The summed E-state index contributed by atoms with van der Waals surface area (Å²) < 4.78 is 5.33. The minimum atomic E-state index is -0.578. The van der Waals surface area contributed by atoms with Gasteiger partial charge in [-0.25, -0.2) is 14.8 Å². The molecule has 2 rings (SSSR count). The molecular formula is C15H25N5O3. The second-order valence-electron chi connectivity index (χ2n) is 6.71. The van der Waals surface area contributed by atoms with Crippen molar-refractivity contribution >= 4 is 17.7 Å². The number of carbonyl (C=O) groups is 1. The van der Waals surface area contributed by atoms with Gasteiger partial charge in [-0.15, -0.1) is 0 Å². The SMILES string of the molecule is CN(C(=O)OC(C)(C)C)c1cc(N2C[C@H](O)C[C@@H]2CN)ncn1. The Bertz CT molecular complexity index is 560. The van der Waals surface area contributed by atoms with Crippen LogP contribution in [0.15, 0.2) is 12.4 Å². The summed E-state index contributed by atoms with van der Waals surface area (Å²) in [6.07, 6.45) is 1.09. The zero-order valence-corrected chi connectivity index (χ0v) is 14.1. The fraction of sp³-hybridized carbons (Fsp3) is 0.667. The molecule has 0 spiro atoms. The van der Waals surface area contributed by atoms with Crippen molar-refractivity contribution in [3.63, 3.8) is 0 Å². The maximum absolute atomic E-state index is 12.1. The molecule has 0 aliphatic carbocycles. The molecule has 23 heavy (non-hydrogen) atoms. The van der Waals surface area contributed by atoms with Crippen molar-refractivity contribution in [2.75, 3.05) is 29.9 Å². The Labute approximate surface area is 136 Å². The van der Waals surface area contributed by atoms with Gasteiger partial charge in [0, 0.05) is 32.2 Å². The van der Waals surface area contributed by atoms with Gasteiger partial charge in [-0.2, -0.15) is 0 Å². The summed E-state index contributed by atoms with van der Waals surface area (Å²) in [5.41, 5.74) is 5.18. The van der Waals surface area contributed by atoms with Gasteiger partial charge in [0.15, 0.2) is 0 Å². The van der Waals surface area contributed by atoms with Crippen LogP contribution in [-0.2, 0) is 4.74 Å². The number of ether oxygens (including phenoxy) is 1. The van der Waals surface area contributed by atoms with E-state index in [0.29, 0.717) is 31.1 Å². The van der Waals surface area contributed by atoms with Crippen molar-refractivity contribution in [1.29, 1.82) is 0 Å². The third kappa shape index (κ3) is 4.29. The quantitative estimate of drug-likeness (QED) is 0.845. The largest absolute Gasteiger partial charge is 0.443 e. The minimum Gasteiger partial charge on any atom is -0.443 e. The Balaban J connectivity index is 2.18. The molecule has 0 radical (unpaired) electrons. The van der Waals surface area contributed by atoms with Gasteiger partial charge >= 0.3 is 6.09 Å². The first-order chi connectivity index (χ1) is 10.7. The summed E-state index contributed by atoms with van der Waals surface area (Å²) in [7, 11) is 1.60. The molecule has 0 unspecified atom stereocenters. The maximum Gasteiger partial charge on any atom is 0.415 e. The fourth-order valence-corrected chi connectivity index (χ4v) is 2.50. The molecule has 0 bridgehead atoms. The van der Waals surface area contributed by atoms with Gasteiger partial charge < -0.3 is 20.5 Å². The minimum absolute atomic E-state index is 0.0274. The third-order valence-electron chi connectivity index (χ3n) is 3.61. The smallest absolute Gasteiger partial charge is 0.415 e. The van der Waals surface area contributed by atoms with Crippen LogP contribution in [0.25, 0.3) is 0 Å². The van der Waals surface area contributed by atoms with Crippen LogP contribution in [0, 0.1) is 0 Å². The highest BCUT2D eigenvalue weighted by Gasteiger charge is 2.31. The van der Waals surface area contributed by atoms with Crippen molar-refractivity contribution < 1.29 is 14.6 Å². The van der Waals surface area contributed by atoms with Crippen LogP contribution in [0.4, 0.5) is 16.4 Å². The molecule has 1 saturated heterocycles. The normalized spacial score (nSPS) is 21.4. The van der Waals surface area contributed by atoms with Gasteiger partial charge in [0.2, 0.25) is 0 Å². The van der Waals surface area contributed by atoms with Crippen LogP contribution in [-0.4, -0.2) is 59.1 Å². The van der Waals surface area contributed by atoms with Crippen LogP contribution in [0.1, 0.15) is 27.2 Å². The molecule has 0 saturated carbocycles. The van der Waals surface area contributed by atoms with Crippen molar-refractivity contribution in [2.24, 2.45) is 5.73 Å². The molecule has 8 heteroatoms. The van der Waals surface area contributed by atoms with Gasteiger partial charge in [0.25, 0.3) is 0 Å². The highest BCUT2D eigenvalue weighted by Crippen LogP contribution is 2.26. The Morgan fingerprint density at radius 3 is 2.83 bits per heavy atom.